The van der Waals surface area contributed by atoms with Gasteiger partial charge in [-0.2, -0.15) is 0 Å². The number of sulfonamides is 1. The molecule has 0 saturated carbocycles. The molecule has 0 spiro atoms. The van der Waals surface area contributed by atoms with Crippen LogP contribution in [0, 0.1) is 5.92 Å². The van der Waals surface area contributed by atoms with Crippen LogP contribution in [0.4, 0.5) is 5.69 Å². The molecule has 1 fully saturated rings. The molecule has 0 aliphatic carbocycles. The summed E-state index contributed by atoms with van der Waals surface area (Å²) in [5, 5.41) is 2.99. The van der Waals surface area contributed by atoms with Crippen molar-refractivity contribution < 1.29 is 13.2 Å². The van der Waals surface area contributed by atoms with Gasteiger partial charge in [-0.1, -0.05) is 13.8 Å². The number of hydrogen-bond acceptors (Lipinski definition) is 3. The molecule has 1 atom stereocenters. The van der Waals surface area contributed by atoms with Gasteiger partial charge in [0.05, 0.1) is 11.4 Å². The summed E-state index contributed by atoms with van der Waals surface area (Å²) in [5.74, 6) is 0.705. The van der Waals surface area contributed by atoms with E-state index < -0.39 is 10.0 Å². The first-order valence-corrected chi connectivity index (χ1v) is 9.82. The number of nitrogens with one attached hydrogen (secondary N) is 1. The molecular weight excluding hydrogens is 312 g/mol. The molecule has 1 N–H and O–H groups in total. The Morgan fingerprint density at radius 3 is 2.35 bits per heavy atom. The molecule has 0 bridgehead atoms. The van der Waals surface area contributed by atoms with E-state index in [9.17, 15) is 13.2 Å². The van der Waals surface area contributed by atoms with Crippen LogP contribution in [-0.2, 0) is 10.0 Å². The van der Waals surface area contributed by atoms with E-state index in [1.54, 1.807) is 24.3 Å². The summed E-state index contributed by atoms with van der Waals surface area (Å²) in [6.07, 6.45) is 2.68. The lowest BCUT2D eigenvalue weighted by molar-refractivity contribution is 0.0937. The van der Waals surface area contributed by atoms with Gasteiger partial charge in [-0.25, -0.2) is 8.42 Å². The Balaban J connectivity index is 1.98. The fourth-order valence-corrected chi connectivity index (χ4v) is 4.24. The molecular formula is C17H26N2O3S. The van der Waals surface area contributed by atoms with Crippen molar-refractivity contribution in [3.63, 3.8) is 0 Å². The molecule has 1 aromatic rings. The van der Waals surface area contributed by atoms with E-state index in [1.807, 2.05) is 6.92 Å². The van der Waals surface area contributed by atoms with Gasteiger partial charge >= 0.3 is 0 Å². The van der Waals surface area contributed by atoms with Crippen LogP contribution in [0.1, 0.15) is 50.4 Å². The lowest BCUT2D eigenvalue weighted by Crippen LogP contribution is -2.32. The molecule has 1 amide bonds. The zero-order valence-electron chi connectivity index (χ0n) is 14.1. The number of nitrogens with zero attached hydrogens (tertiary/aromatic N) is 1. The van der Waals surface area contributed by atoms with E-state index in [4.69, 9.17) is 0 Å². The highest BCUT2D eigenvalue weighted by Gasteiger charge is 2.28. The largest absolute Gasteiger partial charge is 0.350 e. The molecule has 1 heterocycles. The Hall–Kier alpha value is -1.56. The van der Waals surface area contributed by atoms with Gasteiger partial charge in [0.1, 0.15) is 0 Å². The van der Waals surface area contributed by atoms with Crippen molar-refractivity contribution in [1.82, 2.24) is 5.32 Å². The summed E-state index contributed by atoms with van der Waals surface area (Å²) in [7, 11) is -3.17. The number of rotatable bonds is 6. The highest BCUT2D eigenvalue weighted by Crippen LogP contribution is 2.24. The van der Waals surface area contributed by atoms with Gasteiger partial charge in [0.2, 0.25) is 10.0 Å². The molecule has 0 radical (unpaired) electrons. The fourth-order valence-electron chi connectivity index (χ4n) is 2.67. The number of anilines is 1. The minimum atomic E-state index is -3.17. The highest BCUT2D eigenvalue weighted by atomic mass is 32.2. The van der Waals surface area contributed by atoms with Crippen LogP contribution >= 0.6 is 0 Å². The van der Waals surface area contributed by atoms with Crippen LogP contribution < -0.4 is 9.62 Å². The van der Waals surface area contributed by atoms with Crippen molar-refractivity contribution in [2.45, 2.75) is 46.1 Å². The quantitative estimate of drug-likeness (QED) is 0.867. The summed E-state index contributed by atoms with van der Waals surface area (Å²) in [6.45, 7) is 6.85. The van der Waals surface area contributed by atoms with Crippen LogP contribution in [0.25, 0.3) is 0 Å². The third-order valence-electron chi connectivity index (χ3n) is 4.07. The summed E-state index contributed by atoms with van der Waals surface area (Å²) in [5.41, 5.74) is 1.19. The minimum absolute atomic E-state index is 0.114. The van der Waals surface area contributed by atoms with Crippen molar-refractivity contribution >= 4 is 21.6 Å². The lowest BCUT2D eigenvalue weighted by Gasteiger charge is -2.18. The smallest absolute Gasteiger partial charge is 0.251 e. The second-order valence-corrected chi connectivity index (χ2v) is 8.65. The van der Waals surface area contributed by atoms with E-state index in [0.29, 0.717) is 30.1 Å². The summed E-state index contributed by atoms with van der Waals surface area (Å²) in [6, 6.07) is 6.91. The number of benzene rings is 1. The van der Waals surface area contributed by atoms with E-state index in [0.717, 1.165) is 12.8 Å². The van der Waals surface area contributed by atoms with Crippen LogP contribution in [-0.4, -0.2) is 32.7 Å². The molecule has 128 valence electrons. The van der Waals surface area contributed by atoms with Gasteiger partial charge in [-0.15, -0.1) is 0 Å². The van der Waals surface area contributed by atoms with Crippen LogP contribution in [0.5, 0.6) is 0 Å². The van der Waals surface area contributed by atoms with Crippen molar-refractivity contribution in [2.75, 3.05) is 16.6 Å². The standard InChI is InChI=1S/C17H26N2O3S/c1-13(2)5-6-14(3)18-17(20)15-7-9-16(10-8-15)19-11-4-12-23(19,21)22/h7-10,13-14H,4-6,11-12H2,1-3H3,(H,18,20). The summed E-state index contributed by atoms with van der Waals surface area (Å²) in [4.78, 5) is 12.2. The number of carbonyl (C=O) groups is 1. The lowest BCUT2D eigenvalue weighted by atomic mass is 10.0. The predicted molar refractivity (Wildman–Crippen MR) is 93.2 cm³/mol. The van der Waals surface area contributed by atoms with Crippen molar-refractivity contribution in [2.24, 2.45) is 5.92 Å². The predicted octanol–water partition coefficient (Wildman–Crippen LogP) is 2.78. The molecule has 1 saturated heterocycles. The molecule has 0 aromatic heterocycles. The maximum absolute atomic E-state index is 12.2. The van der Waals surface area contributed by atoms with Gasteiger partial charge in [-0.05, 0) is 56.4 Å². The van der Waals surface area contributed by atoms with E-state index in [1.165, 1.54) is 4.31 Å². The van der Waals surface area contributed by atoms with Gasteiger partial charge in [0, 0.05) is 18.2 Å². The van der Waals surface area contributed by atoms with Crippen LogP contribution in [0.3, 0.4) is 0 Å². The maximum Gasteiger partial charge on any atom is 0.251 e. The molecule has 5 nitrogen and oxygen atoms in total. The van der Waals surface area contributed by atoms with Gasteiger partial charge in [0.25, 0.3) is 5.91 Å². The summed E-state index contributed by atoms with van der Waals surface area (Å²) < 4.78 is 25.2. The average molecular weight is 338 g/mol. The van der Waals surface area contributed by atoms with Gasteiger partial charge in [0.15, 0.2) is 0 Å². The third-order valence-corrected chi connectivity index (χ3v) is 5.94. The molecule has 1 aromatic carbocycles. The van der Waals surface area contributed by atoms with Crippen molar-refractivity contribution in [3.8, 4) is 0 Å². The Morgan fingerprint density at radius 2 is 1.83 bits per heavy atom. The normalized spacial score (nSPS) is 18.2. The molecule has 1 unspecified atom stereocenters. The second-order valence-electron chi connectivity index (χ2n) is 6.63. The van der Waals surface area contributed by atoms with Crippen LogP contribution in [0.2, 0.25) is 0 Å². The Morgan fingerprint density at radius 1 is 1.17 bits per heavy atom. The zero-order chi connectivity index (χ0) is 17.0. The second kappa shape index (κ2) is 7.34. The molecule has 2 rings (SSSR count). The molecule has 23 heavy (non-hydrogen) atoms. The van der Waals surface area contributed by atoms with Crippen LogP contribution in [0.15, 0.2) is 24.3 Å². The Labute approximate surface area is 139 Å². The monoisotopic (exact) mass is 338 g/mol. The first-order chi connectivity index (χ1) is 10.8. The van der Waals surface area contributed by atoms with E-state index >= 15 is 0 Å². The molecule has 1 aliphatic heterocycles. The molecule has 6 heteroatoms. The van der Waals surface area contributed by atoms with E-state index in [-0.39, 0.29) is 17.7 Å². The van der Waals surface area contributed by atoms with Gasteiger partial charge < -0.3 is 5.32 Å². The SMILES string of the molecule is CC(C)CCC(C)NC(=O)c1ccc(N2CCCS2(=O)=O)cc1. The zero-order valence-corrected chi connectivity index (χ0v) is 14.9. The number of carbonyl (C=O) groups excluding carboxylic acids is 1. The Bertz CT molecular complexity index is 638. The third kappa shape index (κ3) is 4.70. The maximum atomic E-state index is 12.2. The van der Waals surface area contributed by atoms with Crippen molar-refractivity contribution in [3.05, 3.63) is 29.8 Å². The number of hydrogen-bond donors (Lipinski definition) is 1. The van der Waals surface area contributed by atoms with Crippen molar-refractivity contribution in [1.29, 1.82) is 0 Å². The van der Waals surface area contributed by atoms with E-state index in [2.05, 4.69) is 19.2 Å². The Kier molecular flexibility index (Phi) is 5.68. The fraction of sp³-hybridized carbons (Fsp3) is 0.588. The highest BCUT2D eigenvalue weighted by molar-refractivity contribution is 7.93. The summed E-state index contributed by atoms with van der Waals surface area (Å²) >= 11 is 0. The first kappa shape index (κ1) is 17.8. The van der Waals surface area contributed by atoms with Gasteiger partial charge in [-0.3, -0.25) is 9.10 Å². The average Bonchev–Trinajstić information content (AvgIpc) is 2.84. The number of amides is 1. The first-order valence-electron chi connectivity index (χ1n) is 8.21. The molecule has 1 aliphatic rings. The minimum Gasteiger partial charge on any atom is -0.350 e. The topological polar surface area (TPSA) is 66.5 Å².